The van der Waals surface area contributed by atoms with Gasteiger partial charge in [0.05, 0.1) is 42.2 Å². The number of methoxy groups -OCH3 is 2. The molecule has 1 aliphatic rings. The Balaban J connectivity index is 1.32. The van der Waals surface area contributed by atoms with E-state index in [-0.39, 0.29) is 0 Å². The van der Waals surface area contributed by atoms with Crippen molar-refractivity contribution in [2.75, 3.05) is 14.2 Å². The first-order chi connectivity index (χ1) is 22.4. The van der Waals surface area contributed by atoms with E-state index in [1.807, 2.05) is 48.7 Å². The maximum absolute atomic E-state index is 7.10. The van der Waals surface area contributed by atoms with Gasteiger partial charge < -0.3 is 20.1 Å². The van der Waals surface area contributed by atoms with E-state index >= 15 is 0 Å². The molecule has 11 heteroatoms. The minimum atomic E-state index is 0.343. The van der Waals surface area contributed by atoms with Gasteiger partial charge >= 0.3 is 0 Å². The van der Waals surface area contributed by atoms with Gasteiger partial charge in [0.25, 0.3) is 0 Å². The van der Waals surface area contributed by atoms with Crippen molar-refractivity contribution in [1.82, 2.24) is 35.2 Å². The van der Waals surface area contributed by atoms with Crippen molar-refractivity contribution in [2.45, 2.75) is 71.1 Å². The van der Waals surface area contributed by atoms with Crippen molar-refractivity contribution in [3.05, 3.63) is 76.3 Å². The largest absolute Gasteiger partial charge is 0.493 e. The normalized spacial score (nSPS) is 13.9. The van der Waals surface area contributed by atoms with Gasteiger partial charge in [-0.25, -0.2) is 14.5 Å². The summed E-state index contributed by atoms with van der Waals surface area (Å²) in [5.74, 6) is 1.86. The number of fused-ring (bicyclic) bond motifs is 1. The van der Waals surface area contributed by atoms with E-state index in [1.54, 1.807) is 24.9 Å². The Labute approximate surface area is 279 Å². The molecule has 1 saturated carbocycles. The van der Waals surface area contributed by atoms with Crippen LogP contribution >= 0.6 is 23.2 Å². The minimum absolute atomic E-state index is 0.343. The van der Waals surface area contributed by atoms with E-state index in [2.05, 4.69) is 29.5 Å². The number of nitrogens with zero attached hydrogens (tertiary/aromatic N) is 5. The number of halogens is 2. The molecular formula is C35H39Cl2N7O2. The Morgan fingerprint density at radius 1 is 0.913 bits per heavy atom. The van der Waals surface area contributed by atoms with Crippen molar-refractivity contribution >= 4 is 28.8 Å². The van der Waals surface area contributed by atoms with E-state index in [9.17, 15) is 0 Å². The predicted molar refractivity (Wildman–Crippen MR) is 184 cm³/mol. The lowest BCUT2D eigenvalue weighted by Gasteiger charge is -2.21. The van der Waals surface area contributed by atoms with E-state index < -0.39 is 0 Å². The summed E-state index contributed by atoms with van der Waals surface area (Å²) >= 11 is 14.2. The van der Waals surface area contributed by atoms with Gasteiger partial charge in [-0.2, -0.15) is 0 Å². The Kier molecular flexibility index (Phi) is 10.0. The van der Waals surface area contributed by atoms with Crippen LogP contribution in [0, 0.1) is 0 Å². The van der Waals surface area contributed by atoms with Gasteiger partial charge in [-0.15, -0.1) is 5.10 Å². The molecule has 1 fully saturated rings. The lowest BCUT2D eigenvalue weighted by Crippen LogP contribution is -2.30. The average molecular weight is 661 g/mol. The van der Waals surface area contributed by atoms with Crippen molar-refractivity contribution < 1.29 is 9.47 Å². The summed E-state index contributed by atoms with van der Waals surface area (Å²) in [6.45, 7) is 5.46. The van der Waals surface area contributed by atoms with Crippen molar-refractivity contribution in [3.63, 3.8) is 0 Å². The monoisotopic (exact) mass is 659 g/mol. The summed E-state index contributed by atoms with van der Waals surface area (Å²) in [4.78, 5) is 14.2. The molecule has 46 heavy (non-hydrogen) atoms. The van der Waals surface area contributed by atoms with Gasteiger partial charge in [0.1, 0.15) is 0 Å². The van der Waals surface area contributed by atoms with Crippen LogP contribution in [0.4, 0.5) is 0 Å². The van der Waals surface area contributed by atoms with Gasteiger partial charge in [-0.1, -0.05) is 80.6 Å². The van der Waals surface area contributed by atoms with E-state index in [1.165, 1.54) is 32.1 Å². The van der Waals surface area contributed by atoms with Crippen molar-refractivity contribution in [2.24, 2.45) is 0 Å². The van der Waals surface area contributed by atoms with Gasteiger partial charge in [-0.05, 0) is 31.0 Å². The number of rotatable bonds is 11. The SMILES string of the molecule is COc1nc(-c2cccc(-c3ccnc(-c4cc(OC)c5nc(CNC6CCCCC6)nn5c4)c3Cl)c2Cl)ccc1CNC(C)C. The topological polar surface area (TPSA) is 98.5 Å². The van der Waals surface area contributed by atoms with E-state index in [0.717, 1.165) is 27.8 Å². The number of hydrogen-bond donors (Lipinski definition) is 2. The zero-order valence-corrected chi connectivity index (χ0v) is 28.1. The van der Waals surface area contributed by atoms with Crippen LogP contribution in [0.25, 0.3) is 39.3 Å². The first-order valence-corrected chi connectivity index (χ1v) is 16.5. The fraction of sp³-hybridized carbons (Fsp3) is 0.371. The van der Waals surface area contributed by atoms with Crippen molar-refractivity contribution in [1.29, 1.82) is 0 Å². The molecule has 0 atom stereocenters. The van der Waals surface area contributed by atoms with Crippen LogP contribution in [-0.2, 0) is 13.1 Å². The Bertz CT molecular complexity index is 1840. The van der Waals surface area contributed by atoms with Crippen LogP contribution in [0.15, 0.2) is 54.9 Å². The fourth-order valence-electron chi connectivity index (χ4n) is 5.93. The zero-order valence-electron chi connectivity index (χ0n) is 26.6. The number of ether oxygens (including phenoxy) is 2. The highest BCUT2D eigenvalue weighted by atomic mass is 35.5. The molecule has 0 unspecified atom stereocenters. The van der Waals surface area contributed by atoms with Gasteiger partial charge in [0, 0.05) is 58.8 Å². The third-order valence-electron chi connectivity index (χ3n) is 8.38. The molecule has 0 amide bonds. The van der Waals surface area contributed by atoms with Gasteiger partial charge in [-0.3, -0.25) is 4.98 Å². The smallest absolute Gasteiger partial charge is 0.218 e. The van der Waals surface area contributed by atoms with Crippen LogP contribution in [0.1, 0.15) is 57.3 Å². The number of nitrogens with one attached hydrogen (secondary N) is 2. The second kappa shape index (κ2) is 14.3. The molecular weight excluding hydrogens is 621 g/mol. The third kappa shape index (κ3) is 6.83. The van der Waals surface area contributed by atoms with E-state index in [0.29, 0.717) is 69.7 Å². The number of hydrogen-bond acceptors (Lipinski definition) is 8. The molecule has 240 valence electrons. The molecule has 1 aliphatic carbocycles. The lowest BCUT2D eigenvalue weighted by atomic mass is 9.95. The maximum atomic E-state index is 7.10. The fourth-order valence-corrected chi connectivity index (χ4v) is 6.58. The first kappa shape index (κ1) is 32.2. The number of pyridine rings is 3. The molecule has 5 aromatic rings. The molecule has 4 aromatic heterocycles. The standard InChI is InChI=1S/C35H39Cl2N7O2/c1-21(2)39-18-22-13-14-28(41-35(22)46-4)27-12-8-11-25(31(27)36)26-15-16-38-33(32(26)37)23-17-29(45-3)34-42-30(43-44(34)20-23)19-40-24-9-6-5-7-10-24/h8,11-17,20-21,24,39-40H,5-7,9-10,18-19H2,1-4H3. The summed E-state index contributed by atoms with van der Waals surface area (Å²) in [6, 6.07) is 14.4. The summed E-state index contributed by atoms with van der Waals surface area (Å²) in [5, 5.41) is 12.8. The molecule has 0 spiro atoms. The molecule has 9 nitrogen and oxygen atoms in total. The summed E-state index contributed by atoms with van der Waals surface area (Å²) in [7, 11) is 3.25. The number of aromatic nitrogens is 5. The molecule has 0 bridgehead atoms. The Morgan fingerprint density at radius 3 is 2.46 bits per heavy atom. The molecule has 6 rings (SSSR count). The second-order valence-electron chi connectivity index (χ2n) is 11.9. The highest BCUT2D eigenvalue weighted by Crippen LogP contribution is 2.42. The second-order valence-corrected chi connectivity index (χ2v) is 12.7. The van der Waals surface area contributed by atoms with Gasteiger partial charge in [0.15, 0.2) is 17.2 Å². The molecule has 0 aliphatic heterocycles. The highest BCUT2D eigenvalue weighted by molar-refractivity contribution is 6.39. The molecule has 1 aromatic carbocycles. The van der Waals surface area contributed by atoms with E-state index in [4.69, 9.17) is 47.7 Å². The Morgan fingerprint density at radius 2 is 1.70 bits per heavy atom. The van der Waals surface area contributed by atoms with Crippen LogP contribution < -0.4 is 20.1 Å². The lowest BCUT2D eigenvalue weighted by molar-refractivity contribution is 0.369. The van der Waals surface area contributed by atoms with Gasteiger partial charge in [0.2, 0.25) is 5.88 Å². The maximum Gasteiger partial charge on any atom is 0.218 e. The molecule has 0 radical (unpaired) electrons. The summed E-state index contributed by atoms with van der Waals surface area (Å²) < 4.78 is 13.1. The zero-order chi connectivity index (χ0) is 32.2. The summed E-state index contributed by atoms with van der Waals surface area (Å²) in [5.41, 5.74) is 5.94. The third-order valence-corrected chi connectivity index (χ3v) is 9.17. The number of benzene rings is 1. The predicted octanol–water partition coefficient (Wildman–Crippen LogP) is 7.76. The minimum Gasteiger partial charge on any atom is -0.493 e. The van der Waals surface area contributed by atoms with Crippen LogP contribution in [0.2, 0.25) is 10.0 Å². The van der Waals surface area contributed by atoms with Crippen molar-refractivity contribution in [3.8, 4) is 45.3 Å². The molecule has 4 heterocycles. The van der Waals surface area contributed by atoms with Crippen LogP contribution in [0.5, 0.6) is 11.6 Å². The summed E-state index contributed by atoms with van der Waals surface area (Å²) in [6.07, 6.45) is 9.86. The average Bonchev–Trinajstić information content (AvgIpc) is 3.50. The van der Waals surface area contributed by atoms with Crippen LogP contribution in [0.3, 0.4) is 0 Å². The molecule has 2 N–H and O–H groups in total. The van der Waals surface area contributed by atoms with Crippen LogP contribution in [-0.4, -0.2) is 50.9 Å². The first-order valence-electron chi connectivity index (χ1n) is 15.7. The highest BCUT2D eigenvalue weighted by Gasteiger charge is 2.20. The Hall–Kier alpha value is -3.76. The molecule has 0 saturated heterocycles. The quantitative estimate of drug-likeness (QED) is 0.148.